The lowest BCUT2D eigenvalue weighted by Crippen LogP contribution is -2.31. The van der Waals surface area contributed by atoms with Gasteiger partial charge in [-0.05, 0) is 24.6 Å². The van der Waals surface area contributed by atoms with Crippen molar-refractivity contribution in [1.29, 1.82) is 0 Å². The maximum absolute atomic E-state index is 13.8. The van der Waals surface area contributed by atoms with Gasteiger partial charge in [0.25, 0.3) is 0 Å². The Balaban J connectivity index is 2.90. The summed E-state index contributed by atoms with van der Waals surface area (Å²) >= 11 is 0. The number of ether oxygens (including phenoxy) is 2. The van der Waals surface area contributed by atoms with Crippen LogP contribution in [0.4, 0.5) is 4.39 Å². The predicted octanol–water partition coefficient (Wildman–Crippen LogP) is 1.37. The molecule has 6 heteroatoms. The maximum Gasteiger partial charge on any atom is 0.342 e. The molecule has 2 atom stereocenters. The van der Waals surface area contributed by atoms with Crippen molar-refractivity contribution in [3.63, 3.8) is 0 Å². The van der Waals surface area contributed by atoms with E-state index in [1.54, 1.807) is 13.0 Å². The van der Waals surface area contributed by atoms with Crippen LogP contribution in [-0.4, -0.2) is 31.8 Å². The van der Waals surface area contributed by atoms with Gasteiger partial charge in [0, 0.05) is 0 Å². The van der Waals surface area contributed by atoms with E-state index < -0.39 is 24.2 Å². The fourth-order valence-electron chi connectivity index (χ4n) is 1.53. The third kappa shape index (κ3) is 3.75. The molecule has 0 fully saturated rings. The summed E-state index contributed by atoms with van der Waals surface area (Å²) in [7, 11) is 1.24. The van der Waals surface area contributed by atoms with Gasteiger partial charge < -0.3 is 15.2 Å². The van der Waals surface area contributed by atoms with E-state index in [1.807, 2.05) is 0 Å². The number of rotatable bonds is 5. The lowest BCUT2D eigenvalue weighted by Gasteiger charge is -2.16. The summed E-state index contributed by atoms with van der Waals surface area (Å²) < 4.78 is 22.9. The maximum atomic E-state index is 13.8. The van der Waals surface area contributed by atoms with Crippen LogP contribution < -0.4 is 5.73 Å². The Hall–Kier alpha value is -1.95. The second kappa shape index (κ2) is 6.84. The first-order valence-electron chi connectivity index (χ1n) is 5.75. The molecule has 0 saturated carbocycles. The quantitative estimate of drug-likeness (QED) is 0.817. The molecule has 2 N–H and O–H groups in total. The lowest BCUT2D eigenvalue weighted by molar-refractivity contribution is -0.149. The first-order valence-corrected chi connectivity index (χ1v) is 5.75. The Bertz CT molecular complexity index is 464. The minimum atomic E-state index is -1.98. The Labute approximate surface area is 110 Å². The molecule has 0 aliphatic carbocycles. The van der Waals surface area contributed by atoms with Crippen LogP contribution in [-0.2, 0) is 14.3 Å². The molecule has 0 radical (unpaired) electrons. The normalized spacial score (nSPS) is 13.5. The molecule has 19 heavy (non-hydrogen) atoms. The number of nitrogens with two attached hydrogens (primary N) is 1. The summed E-state index contributed by atoms with van der Waals surface area (Å²) in [4.78, 5) is 22.6. The molecule has 0 aliphatic rings. The van der Waals surface area contributed by atoms with E-state index >= 15 is 0 Å². The van der Waals surface area contributed by atoms with Crippen LogP contribution >= 0.6 is 0 Å². The van der Waals surface area contributed by atoms with Gasteiger partial charge in [-0.25, -0.2) is 14.0 Å². The number of benzene rings is 1. The van der Waals surface area contributed by atoms with Crippen molar-refractivity contribution < 1.29 is 23.5 Å². The van der Waals surface area contributed by atoms with Crippen LogP contribution in [0.5, 0.6) is 0 Å². The monoisotopic (exact) mass is 269 g/mol. The van der Waals surface area contributed by atoms with E-state index in [-0.39, 0.29) is 12.2 Å². The molecule has 0 amide bonds. The zero-order valence-corrected chi connectivity index (χ0v) is 10.8. The number of carbonyl (C=O) groups excluding carboxylic acids is 2. The zero-order chi connectivity index (χ0) is 14.4. The van der Waals surface area contributed by atoms with Crippen molar-refractivity contribution >= 4 is 11.9 Å². The summed E-state index contributed by atoms with van der Waals surface area (Å²) in [6, 6.07) is 4.79. The van der Waals surface area contributed by atoms with Gasteiger partial charge >= 0.3 is 11.9 Å². The third-order valence-electron chi connectivity index (χ3n) is 2.52. The Kier molecular flexibility index (Phi) is 5.44. The first kappa shape index (κ1) is 15.1. The highest BCUT2D eigenvalue weighted by Gasteiger charge is 2.28. The highest BCUT2D eigenvalue weighted by Crippen LogP contribution is 2.19. The highest BCUT2D eigenvalue weighted by molar-refractivity contribution is 5.89. The number of hydrogen-bond acceptors (Lipinski definition) is 5. The lowest BCUT2D eigenvalue weighted by atomic mass is 10.0. The van der Waals surface area contributed by atoms with Gasteiger partial charge in [0.05, 0.1) is 25.3 Å². The van der Waals surface area contributed by atoms with Crippen LogP contribution in [0.25, 0.3) is 0 Å². The van der Waals surface area contributed by atoms with Crippen molar-refractivity contribution in [2.45, 2.75) is 19.1 Å². The third-order valence-corrected chi connectivity index (χ3v) is 2.52. The summed E-state index contributed by atoms with van der Waals surface area (Å²) in [5, 5.41) is 0. The molecule has 1 unspecified atom stereocenters. The minimum absolute atomic E-state index is 0.0776. The molecule has 0 spiro atoms. The van der Waals surface area contributed by atoms with E-state index in [1.165, 1.54) is 25.3 Å². The van der Waals surface area contributed by atoms with Gasteiger partial charge in [-0.15, -0.1) is 0 Å². The van der Waals surface area contributed by atoms with Crippen LogP contribution in [0.15, 0.2) is 24.3 Å². The van der Waals surface area contributed by atoms with Crippen molar-refractivity contribution in [1.82, 2.24) is 0 Å². The second-order valence-electron chi connectivity index (χ2n) is 3.80. The number of esters is 2. The molecule has 5 nitrogen and oxygen atoms in total. The average Bonchev–Trinajstić information content (AvgIpc) is 2.45. The van der Waals surface area contributed by atoms with Crippen molar-refractivity contribution in [2.24, 2.45) is 5.73 Å². The van der Waals surface area contributed by atoms with Gasteiger partial charge in [-0.3, -0.25) is 0 Å². The first-order chi connectivity index (χ1) is 9.01. The number of alkyl halides is 1. The minimum Gasteiger partial charge on any atom is -0.465 e. The molecule has 0 heterocycles. The summed E-state index contributed by atoms with van der Waals surface area (Å²) in [6.45, 7) is 1.65. The molecule has 1 rings (SSSR count). The van der Waals surface area contributed by atoms with Crippen LogP contribution in [0.1, 0.15) is 28.9 Å². The van der Waals surface area contributed by atoms with E-state index in [4.69, 9.17) is 5.73 Å². The van der Waals surface area contributed by atoms with Crippen molar-refractivity contribution in [3.8, 4) is 0 Å². The SMILES string of the molecule is CCOC(=O)C(F)[C@H](N)c1cccc(C(=O)OC)c1. The van der Waals surface area contributed by atoms with Gasteiger partial charge in [-0.1, -0.05) is 12.1 Å². The molecular weight excluding hydrogens is 253 g/mol. The smallest absolute Gasteiger partial charge is 0.342 e. The van der Waals surface area contributed by atoms with E-state index in [0.29, 0.717) is 5.56 Å². The number of hydrogen-bond donors (Lipinski definition) is 1. The van der Waals surface area contributed by atoms with Gasteiger partial charge in [0.2, 0.25) is 6.17 Å². The van der Waals surface area contributed by atoms with Crippen LogP contribution in [0, 0.1) is 0 Å². The Morgan fingerprint density at radius 1 is 1.42 bits per heavy atom. The van der Waals surface area contributed by atoms with E-state index in [2.05, 4.69) is 9.47 Å². The largest absolute Gasteiger partial charge is 0.465 e. The average molecular weight is 269 g/mol. The predicted molar refractivity (Wildman–Crippen MR) is 66.2 cm³/mol. The van der Waals surface area contributed by atoms with E-state index in [0.717, 1.165) is 0 Å². The standard InChI is InChI=1S/C13H16FNO4/c1-3-19-13(17)10(14)11(15)8-5-4-6-9(7-8)12(16)18-2/h4-7,10-11H,3,15H2,1-2H3/t10?,11-/m1/s1. The molecule has 1 aromatic carbocycles. The molecule has 0 aliphatic heterocycles. The molecule has 0 aromatic heterocycles. The van der Waals surface area contributed by atoms with Crippen molar-refractivity contribution in [3.05, 3.63) is 35.4 Å². The number of methoxy groups -OCH3 is 1. The molecule has 0 bridgehead atoms. The van der Waals surface area contributed by atoms with Gasteiger partial charge in [-0.2, -0.15) is 0 Å². The Morgan fingerprint density at radius 2 is 2.11 bits per heavy atom. The second-order valence-corrected chi connectivity index (χ2v) is 3.80. The topological polar surface area (TPSA) is 78.6 Å². The molecule has 104 valence electrons. The van der Waals surface area contributed by atoms with Crippen LogP contribution in [0.3, 0.4) is 0 Å². The number of halogens is 1. The van der Waals surface area contributed by atoms with Crippen molar-refractivity contribution in [2.75, 3.05) is 13.7 Å². The summed E-state index contributed by atoms with van der Waals surface area (Å²) in [5.74, 6) is -1.57. The fourth-order valence-corrected chi connectivity index (χ4v) is 1.53. The van der Waals surface area contributed by atoms with Gasteiger partial charge in [0.1, 0.15) is 0 Å². The Morgan fingerprint density at radius 3 is 2.68 bits per heavy atom. The number of carbonyl (C=O) groups is 2. The van der Waals surface area contributed by atoms with E-state index in [9.17, 15) is 14.0 Å². The molecule has 1 aromatic rings. The van der Waals surface area contributed by atoms with Gasteiger partial charge in [0.15, 0.2) is 0 Å². The summed E-state index contributed by atoms with van der Waals surface area (Å²) in [5.41, 5.74) is 6.22. The molecule has 0 saturated heterocycles. The highest BCUT2D eigenvalue weighted by atomic mass is 19.1. The van der Waals surface area contributed by atoms with Crippen LogP contribution in [0.2, 0.25) is 0 Å². The summed E-state index contributed by atoms with van der Waals surface area (Å²) in [6.07, 6.45) is -1.98. The molecular formula is C13H16FNO4. The fraction of sp³-hybridized carbons (Fsp3) is 0.385. The zero-order valence-electron chi connectivity index (χ0n) is 10.8.